The third-order valence-electron chi connectivity index (χ3n) is 5.42. The normalized spacial score (nSPS) is 27.2. The van der Waals surface area contributed by atoms with E-state index in [9.17, 15) is 5.11 Å². The summed E-state index contributed by atoms with van der Waals surface area (Å²) in [7, 11) is 0. The molecule has 24 heavy (non-hydrogen) atoms. The van der Waals surface area contributed by atoms with Crippen molar-refractivity contribution in [3.8, 4) is 0 Å². The largest absolute Gasteiger partial charge is 0.389 e. The zero-order valence-electron chi connectivity index (χ0n) is 15.7. The summed E-state index contributed by atoms with van der Waals surface area (Å²) in [6, 6.07) is 10.6. The summed E-state index contributed by atoms with van der Waals surface area (Å²) in [5.74, 6) is 2.01. The fourth-order valence-electron chi connectivity index (χ4n) is 3.77. The molecule has 0 aliphatic heterocycles. The number of nitrogens with one attached hydrogen (secondary N) is 1. The topological polar surface area (TPSA) is 41.5 Å². The molecule has 1 aliphatic carbocycles. The average Bonchev–Trinajstić information content (AvgIpc) is 2.58. The van der Waals surface area contributed by atoms with Crippen LogP contribution in [0.25, 0.3) is 0 Å². The Morgan fingerprint density at radius 1 is 1.17 bits per heavy atom. The van der Waals surface area contributed by atoms with Crippen LogP contribution >= 0.6 is 0 Å². The van der Waals surface area contributed by atoms with Crippen LogP contribution in [0.1, 0.15) is 58.6 Å². The Morgan fingerprint density at radius 3 is 2.54 bits per heavy atom. The summed E-state index contributed by atoms with van der Waals surface area (Å²) in [4.78, 5) is 0. The van der Waals surface area contributed by atoms with Crippen molar-refractivity contribution in [1.82, 2.24) is 5.32 Å². The van der Waals surface area contributed by atoms with Gasteiger partial charge in [0.25, 0.3) is 0 Å². The molecule has 0 heterocycles. The second-order valence-corrected chi connectivity index (χ2v) is 7.89. The van der Waals surface area contributed by atoms with Crippen molar-refractivity contribution in [2.45, 2.75) is 65.2 Å². The summed E-state index contributed by atoms with van der Waals surface area (Å²) >= 11 is 0. The van der Waals surface area contributed by atoms with Gasteiger partial charge >= 0.3 is 0 Å². The number of hydrogen-bond donors (Lipinski definition) is 2. The molecule has 3 heteroatoms. The molecule has 1 aliphatic rings. The molecular weight excluding hydrogens is 298 g/mol. The van der Waals surface area contributed by atoms with Gasteiger partial charge in [0.1, 0.15) is 0 Å². The number of aliphatic hydroxyl groups is 1. The molecule has 0 amide bonds. The predicted molar refractivity (Wildman–Crippen MR) is 99.9 cm³/mol. The molecule has 1 aromatic carbocycles. The van der Waals surface area contributed by atoms with Crippen LogP contribution in [-0.4, -0.2) is 30.5 Å². The second kappa shape index (κ2) is 9.55. The summed E-state index contributed by atoms with van der Waals surface area (Å²) in [6.07, 6.45) is 3.53. The van der Waals surface area contributed by atoms with Gasteiger partial charge in [-0.15, -0.1) is 0 Å². The van der Waals surface area contributed by atoms with Crippen LogP contribution in [-0.2, 0) is 4.74 Å². The molecular formula is C21H35NO2. The average molecular weight is 334 g/mol. The van der Waals surface area contributed by atoms with Gasteiger partial charge in [0.2, 0.25) is 0 Å². The van der Waals surface area contributed by atoms with E-state index in [0.717, 1.165) is 12.3 Å². The molecule has 1 saturated carbocycles. The highest BCUT2D eigenvalue weighted by molar-refractivity contribution is 5.17. The van der Waals surface area contributed by atoms with Crippen LogP contribution in [0.2, 0.25) is 0 Å². The van der Waals surface area contributed by atoms with Crippen molar-refractivity contribution >= 4 is 0 Å². The number of aliphatic hydroxyl groups excluding tert-OH is 1. The van der Waals surface area contributed by atoms with Gasteiger partial charge in [-0.3, -0.25) is 0 Å². The fraction of sp³-hybridized carbons (Fsp3) is 0.714. The third-order valence-corrected chi connectivity index (χ3v) is 5.42. The summed E-state index contributed by atoms with van der Waals surface area (Å²) in [5.41, 5.74) is 1.24. The van der Waals surface area contributed by atoms with E-state index in [2.05, 4.69) is 45.1 Å². The van der Waals surface area contributed by atoms with E-state index < -0.39 is 6.10 Å². The van der Waals surface area contributed by atoms with Crippen LogP contribution < -0.4 is 5.32 Å². The highest BCUT2D eigenvalue weighted by Crippen LogP contribution is 2.35. The second-order valence-electron chi connectivity index (χ2n) is 7.89. The van der Waals surface area contributed by atoms with Crippen LogP contribution in [0.3, 0.4) is 0 Å². The Balaban J connectivity index is 1.74. The first-order valence-electron chi connectivity index (χ1n) is 9.55. The molecule has 1 aromatic rings. The molecule has 0 radical (unpaired) electrons. The van der Waals surface area contributed by atoms with Crippen LogP contribution in [0.15, 0.2) is 30.3 Å². The Morgan fingerprint density at radius 2 is 1.88 bits per heavy atom. The highest BCUT2D eigenvalue weighted by Gasteiger charge is 2.31. The van der Waals surface area contributed by atoms with Crippen molar-refractivity contribution in [2.75, 3.05) is 13.2 Å². The van der Waals surface area contributed by atoms with E-state index in [1.807, 2.05) is 18.2 Å². The molecule has 0 unspecified atom stereocenters. The first-order chi connectivity index (χ1) is 11.5. The van der Waals surface area contributed by atoms with Gasteiger partial charge in [-0.05, 0) is 43.1 Å². The van der Waals surface area contributed by atoms with Crippen LogP contribution in [0.5, 0.6) is 0 Å². The molecule has 0 aromatic heterocycles. The lowest BCUT2D eigenvalue weighted by atomic mass is 9.75. The number of hydrogen-bond acceptors (Lipinski definition) is 3. The van der Waals surface area contributed by atoms with Crippen LogP contribution in [0, 0.1) is 17.8 Å². The SMILES string of the molecule is CC(C)[C@@H]1CC[C@H](C)C[C@@H]1OC[C@@H](O)CN[C@@H](C)c1ccccc1. The van der Waals surface area contributed by atoms with Crippen molar-refractivity contribution < 1.29 is 9.84 Å². The monoisotopic (exact) mass is 333 g/mol. The van der Waals surface area contributed by atoms with Crippen molar-refractivity contribution in [1.29, 1.82) is 0 Å². The minimum Gasteiger partial charge on any atom is -0.389 e. The molecule has 1 fully saturated rings. The highest BCUT2D eigenvalue weighted by atomic mass is 16.5. The van der Waals surface area contributed by atoms with Gasteiger partial charge in [0, 0.05) is 12.6 Å². The third kappa shape index (κ3) is 5.87. The quantitative estimate of drug-likeness (QED) is 0.750. The van der Waals surface area contributed by atoms with Crippen molar-refractivity contribution in [3.63, 3.8) is 0 Å². The number of ether oxygens (including phenoxy) is 1. The zero-order chi connectivity index (χ0) is 17.5. The lowest BCUT2D eigenvalue weighted by molar-refractivity contribution is -0.0685. The van der Waals surface area contributed by atoms with Crippen molar-refractivity contribution in [3.05, 3.63) is 35.9 Å². The Bertz CT molecular complexity index is 462. The Hall–Kier alpha value is -0.900. The molecule has 5 atom stereocenters. The lowest BCUT2D eigenvalue weighted by Gasteiger charge is -2.37. The maximum atomic E-state index is 10.3. The standard InChI is InChI=1S/C21H35NO2/c1-15(2)20-11-10-16(3)12-21(20)24-14-19(23)13-22-17(4)18-8-6-5-7-9-18/h5-9,15-17,19-23H,10-14H2,1-4H3/t16-,17-,19-,20-,21-/m0/s1. The summed E-state index contributed by atoms with van der Waals surface area (Å²) in [6.45, 7) is 10.00. The lowest BCUT2D eigenvalue weighted by Crippen LogP contribution is -2.38. The van der Waals surface area contributed by atoms with E-state index >= 15 is 0 Å². The van der Waals surface area contributed by atoms with E-state index in [1.54, 1.807) is 0 Å². The molecule has 0 bridgehead atoms. The van der Waals surface area contributed by atoms with Gasteiger partial charge in [-0.25, -0.2) is 0 Å². The van der Waals surface area contributed by atoms with E-state index in [1.165, 1.54) is 18.4 Å². The van der Waals surface area contributed by atoms with Gasteiger partial charge in [-0.2, -0.15) is 0 Å². The van der Waals surface area contributed by atoms with E-state index in [4.69, 9.17) is 4.74 Å². The molecule has 0 saturated heterocycles. The molecule has 136 valence electrons. The van der Waals surface area contributed by atoms with Gasteiger partial charge < -0.3 is 15.2 Å². The van der Waals surface area contributed by atoms with E-state index in [0.29, 0.717) is 31.1 Å². The molecule has 2 N–H and O–H groups in total. The van der Waals surface area contributed by atoms with Crippen molar-refractivity contribution in [2.24, 2.45) is 17.8 Å². The first-order valence-corrected chi connectivity index (χ1v) is 9.55. The summed E-state index contributed by atoms with van der Waals surface area (Å²) in [5, 5.41) is 13.7. The molecule has 3 nitrogen and oxygen atoms in total. The van der Waals surface area contributed by atoms with Gasteiger partial charge in [-0.1, -0.05) is 57.5 Å². The van der Waals surface area contributed by atoms with Gasteiger partial charge in [0.05, 0.1) is 18.8 Å². The molecule has 0 spiro atoms. The minimum absolute atomic E-state index is 0.235. The number of rotatable bonds is 8. The minimum atomic E-state index is -0.457. The maximum Gasteiger partial charge on any atom is 0.0898 e. The maximum absolute atomic E-state index is 10.3. The van der Waals surface area contributed by atoms with Crippen LogP contribution in [0.4, 0.5) is 0 Å². The first kappa shape index (κ1) is 19.4. The Kier molecular flexibility index (Phi) is 7.73. The summed E-state index contributed by atoms with van der Waals surface area (Å²) < 4.78 is 6.14. The predicted octanol–water partition coefficient (Wildman–Crippen LogP) is 4.18. The Labute approximate surface area is 147 Å². The smallest absolute Gasteiger partial charge is 0.0898 e. The zero-order valence-corrected chi connectivity index (χ0v) is 15.7. The fourth-order valence-corrected chi connectivity index (χ4v) is 3.77. The van der Waals surface area contributed by atoms with Gasteiger partial charge in [0.15, 0.2) is 0 Å². The number of benzene rings is 1. The van der Waals surface area contributed by atoms with E-state index in [-0.39, 0.29) is 6.04 Å². The molecule has 2 rings (SSSR count).